The molecule has 0 spiro atoms. The molecule has 0 aromatic rings. The van der Waals surface area contributed by atoms with Crippen LogP contribution in [0.1, 0.15) is 318 Å². The van der Waals surface area contributed by atoms with Crippen molar-refractivity contribution in [2.45, 2.75) is 336 Å². The third-order valence-electron chi connectivity index (χ3n) is 14.7. The van der Waals surface area contributed by atoms with E-state index in [1.807, 2.05) is 0 Å². The van der Waals surface area contributed by atoms with E-state index in [1.165, 1.54) is 122 Å². The molecule has 3 N–H and O–H groups in total. The van der Waals surface area contributed by atoms with E-state index in [2.05, 4.69) is 41.5 Å². The third-order valence-corrected chi connectivity index (χ3v) is 16.6. The molecule has 492 valence electrons. The van der Waals surface area contributed by atoms with Crippen LogP contribution in [-0.4, -0.2) is 96.7 Å². The first-order valence-electron chi connectivity index (χ1n) is 33.5. The van der Waals surface area contributed by atoms with Crippen molar-refractivity contribution < 1.29 is 80.2 Å². The molecule has 83 heavy (non-hydrogen) atoms. The summed E-state index contributed by atoms with van der Waals surface area (Å²) in [7, 11) is -9.87. The lowest BCUT2D eigenvalue weighted by molar-refractivity contribution is -0.161. The van der Waals surface area contributed by atoms with Gasteiger partial charge in [0.2, 0.25) is 0 Å². The molecular weight excluding hydrogens is 1100 g/mol. The molecule has 0 rings (SSSR count). The van der Waals surface area contributed by atoms with E-state index in [0.29, 0.717) is 25.7 Å². The maximum Gasteiger partial charge on any atom is 0.472 e. The molecule has 0 fully saturated rings. The highest BCUT2D eigenvalue weighted by atomic mass is 31.2. The number of aliphatic hydroxyl groups excluding tert-OH is 1. The van der Waals surface area contributed by atoms with E-state index in [9.17, 15) is 43.2 Å². The maximum absolute atomic E-state index is 13.0. The Morgan fingerprint density at radius 3 is 0.819 bits per heavy atom. The summed E-state index contributed by atoms with van der Waals surface area (Å²) in [5.41, 5.74) is 0. The van der Waals surface area contributed by atoms with Crippen LogP contribution in [0.15, 0.2) is 0 Å². The van der Waals surface area contributed by atoms with Gasteiger partial charge in [-0.3, -0.25) is 37.3 Å². The fourth-order valence-corrected chi connectivity index (χ4v) is 11.1. The quantitative estimate of drug-likeness (QED) is 0.0222. The third kappa shape index (κ3) is 58.8. The lowest BCUT2D eigenvalue weighted by atomic mass is 10.0. The van der Waals surface area contributed by atoms with E-state index in [0.717, 1.165) is 115 Å². The van der Waals surface area contributed by atoms with Crippen LogP contribution >= 0.6 is 15.6 Å². The standard InChI is InChI=1S/C64H124O17P2/c1-7-9-11-13-14-29-36-42-48-63(68)80-59(52-74-61(66)46-40-32-12-10-8-2)54-78-82(70,71)76-50-58(65)51-77-83(72,73)79-55-60(81-64(69)49-43-37-31-26-22-18-16-20-24-28-34-39-45-57(5)6)53-75-62(67)47-41-35-30-25-21-17-15-19-23-27-33-38-44-56(3)4/h56-60,65H,7-55H2,1-6H3,(H,70,71)(H,72,73)/t58-,59+,60+/m0/s1. The molecule has 17 nitrogen and oxygen atoms in total. The lowest BCUT2D eigenvalue weighted by Crippen LogP contribution is -2.30. The maximum atomic E-state index is 13.0. The van der Waals surface area contributed by atoms with Crippen LogP contribution in [-0.2, 0) is 65.4 Å². The SMILES string of the molecule is CCCCCCCCCCC(=O)O[C@H](COC(=O)CCCCCCC)COP(=O)(O)OC[C@H](O)COP(=O)(O)OC[C@@H](COC(=O)CCCCCCCCCCCCCCC(C)C)OC(=O)CCCCCCCCCCCCCCC(C)C. The number of carbonyl (C=O) groups excluding carboxylic acids is 4. The molecule has 19 heteroatoms. The number of unbranched alkanes of at least 4 members (excludes halogenated alkanes) is 33. The lowest BCUT2D eigenvalue weighted by Gasteiger charge is -2.21. The molecule has 5 atom stereocenters. The first-order chi connectivity index (χ1) is 39.9. The van der Waals surface area contributed by atoms with Crippen molar-refractivity contribution in [3.05, 3.63) is 0 Å². The van der Waals surface area contributed by atoms with E-state index < -0.39 is 97.5 Å². The molecule has 0 saturated carbocycles. The first kappa shape index (κ1) is 81.1. The van der Waals surface area contributed by atoms with Crippen molar-refractivity contribution in [3.8, 4) is 0 Å². The van der Waals surface area contributed by atoms with E-state index in [-0.39, 0.29) is 25.7 Å². The second-order valence-corrected chi connectivity index (χ2v) is 27.0. The van der Waals surface area contributed by atoms with Crippen LogP contribution in [0.2, 0.25) is 0 Å². The van der Waals surface area contributed by atoms with Gasteiger partial charge in [0.1, 0.15) is 19.3 Å². The zero-order valence-corrected chi connectivity index (χ0v) is 55.3. The minimum Gasteiger partial charge on any atom is -0.462 e. The molecule has 0 aliphatic heterocycles. The molecular formula is C64H124O17P2. The Labute approximate surface area is 505 Å². The summed E-state index contributed by atoms with van der Waals surface area (Å²) in [5, 5.41) is 10.5. The number of esters is 4. The molecule has 0 radical (unpaired) electrons. The van der Waals surface area contributed by atoms with Crippen LogP contribution in [0.3, 0.4) is 0 Å². The predicted molar refractivity (Wildman–Crippen MR) is 331 cm³/mol. The van der Waals surface area contributed by atoms with Crippen molar-refractivity contribution in [2.75, 3.05) is 39.6 Å². The molecule has 0 amide bonds. The second kappa shape index (κ2) is 56.6. The highest BCUT2D eigenvalue weighted by Crippen LogP contribution is 2.45. The molecule has 0 heterocycles. The van der Waals surface area contributed by atoms with Gasteiger partial charge >= 0.3 is 39.5 Å². The summed E-state index contributed by atoms with van der Waals surface area (Å²) >= 11 is 0. The normalized spacial score (nSPS) is 14.3. The van der Waals surface area contributed by atoms with Gasteiger partial charge in [0.25, 0.3) is 0 Å². The minimum atomic E-state index is -4.94. The van der Waals surface area contributed by atoms with Crippen LogP contribution < -0.4 is 0 Å². The monoisotopic (exact) mass is 1230 g/mol. The summed E-state index contributed by atoms with van der Waals surface area (Å²) in [6, 6.07) is 0. The Morgan fingerprint density at radius 1 is 0.325 bits per heavy atom. The first-order valence-corrected chi connectivity index (χ1v) is 36.5. The fourth-order valence-electron chi connectivity index (χ4n) is 9.53. The summed E-state index contributed by atoms with van der Waals surface area (Å²) < 4.78 is 67.7. The van der Waals surface area contributed by atoms with Gasteiger partial charge in [0.05, 0.1) is 26.4 Å². The molecule has 0 aromatic heterocycles. The smallest absolute Gasteiger partial charge is 0.462 e. The zero-order chi connectivity index (χ0) is 61.5. The Hall–Kier alpha value is -1.94. The highest BCUT2D eigenvalue weighted by molar-refractivity contribution is 7.47. The Kier molecular flexibility index (Phi) is 55.2. The summed E-state index contributed by atoms with van der Waals surface area (Å²) in [5.74, 6) is -0.588. The molecule has 0 bridgehead atoms. The van der Waals surface area contributed by atoms with Gasteiger partial charge in [-0.15, -0.1) is 0 Å². The van der Waals surface area contributed by atoms with Gasteiger partial charge in [-0.25, -0.2) is 9.13 Å². The van der Waals surface area contributed by atoms with Crippen molar-refractivity contribution >= 4 is 39.5 Å². The summed E-state index contributed by atoms with van der Waals surface area (Å²) in [4.78, 5) is 71.9. The molecule has 0 saturated heterocycles. The average molecular weight is 1230 g/mol. The molecule has 0 aliphatic rings. The van der Waals surface area contributed by atoms with Gasteiger partial charge < -0.3 is 33.8 Å². The number of hydrogen-bond donors (Lipinski definition) is 3. The molecule has 0 aliphatic carbocycles. The average Bonchev–Trinajstić information content (AvgIpc) is 3.44. The van der Waals surface area contributed by atoms with Crippen molar-refractivity contribution in [2.24, 2.45) is 11.8 Å². The number of rotatable bonds is 63. The number of phosphoric acid groups is 2. The van der Waals surface area contributed by atoms with Crippen LogP contribution in [0.4, 0.5) is 0 Å². The van der Waals surface area contributed by atoms with Gasteiger partial charge in [-0.2, -0.15) is 0 Å². The molecule has 2 unspecified atom stereocenters. The van der Waals surface area contributed by atoms with E-state index in [1.54, 1.807) is 0 Å². The number of phosphoric ester groups is 2. The van der Waals surface area contributed by atoms with Crippen LogP contribution in [0.5, 0.6) is 0 Å². The van der Waals surface area contributed by atoms with Gasteiger partial charge in [0, 0.05) is 25.7 Å². The zero-order valence-electron chi connectivity index (χ0n) is 53.5. The van der Waals surface area contributed by atoms with Gasteiger partial charge in [-0.1, -0.05) is 266 Å². The second-order valence-electron chi connectivity index (χ2n) is 24.1. The van der Waals surface area contributed by atoms with Crippen molar-refractivity contribution in [1.82, 2.24) is 0 Å². The summed E-state index contributed by atoms with van der Waals surface area (Å²) in [6.45, 7) is 9.40. The van der Waals surface area contributed by atoms with Crippen molar-refractivity contribution in [3.63, 3.8) is 0 Å². The number of carbonyl (C=O) groups is 4. The van der Waals surface area contributed by atoms with Crippen molar-refractivity contribution in [1.29, 1.82) is 0 Å². The largest absolute Gasteiger partial charge is 0.472 e. The minimum absolute atomic E-state index is 0.104. The Morgan fingerprint density at radius 2 is 0.554 bits per heavy atom. The number of ether oxygens (including phenoxy) is 4. The molecule has 0 aromatic carbocycles. The van der Waals surface area contributed by atoms with Crippen LogP contribution in [0.25, 0.3) is 0 Å². The Balaban J connectivity index is 5.16. The number of hydrogen-bond acceptors (Lipinski definition) is 15. The number of aliphatic hydroxyl groups is 1. The van der Waals surface area contributed by atoms with Gasteiger partial charge in [-0.05, 0) is 37.5 Å². The van der Waals surface area contributed by atoms with E-state index >= 15 is 0 Å². The highest BCUT2D eigenvalue weighted by Gasteiger charge is 2.30. The fraction of sp³-hybridized carbons (Fsp3) is 0.938. The summed E-state index contributed by atoms with van der Waals surface area (Å²) in [6.07, 6.45) is 39.3. The van der Waals surface area contributed by atoms with E-state index in [4.69, 9.17) is 37.0 Å². The topological polar surface area (TPSA) is 237 Å². The van der Waals surface area contributed by atoms with Gasteiger partial charge in [0.15, 0.2) is 12.2 Å². The predicted octanol–water partition coefficient (Wildman–Crippen LogP) is 17.7. The van der Waals surface area contributed by atoms with Crippen LogP contribution in [0, 0.1) is 11.8 Å². The Bertz CT molecular complexity index is 1630.